The van der Waals surface area contributed by atoms with E-state index in [1.165, 1.54) is 36.3 Å². The van der Waals surface area contributed by atoms with E-state index < -0.39 is 0 Å². The van der Waals surface area contributed by atoms with E-state index in [0.717, 1.165) is 18.3 Å². The number of aryl methyl sites for hydroxylation is 1. The SMILES string of the molecule is CCCn1ccc(=O)n(CC2CC3CCC2C3)c1=O. The standard InChI is InChI=1S/C15H22N2O2/c1-2-6-16-7-5-14(18)17(15(16)19)10-13-9-11-3-4-12(13)8-11/h5,7,11-13H,2-4,6,8-10H2,1H3. The van der Waals surface area contributed by atoms with Gasteiger partial charge in [-0.15, -0.1) is 0 Å². The van der Waals surface area contributed by atoms with Gasteiger partial charge in [0.1, 0.15) is 0 Å². The number of rotatable bonds is 4. The van der Waals surface area contributed by atoms with Gasteiger partial charge in [0, 0.05) is 25.4 Å². The smallest absolute Gasteiger partial charge is 0.300 e. The molecule has 0 spiro atoms. The number of nitrogens with zero attached hydrogens (tertiary/aromatic N) is 2. The first kappa shape index (κ1) is 12.7. The summed E-state index contributed by atoms with van der Waals surface area (Å²) in [6.45, 7) is 3.36. The van der Waals surface area contributed by atoms with Crippen molar-refractivity contribution in [3.05, 3.63) is 33.1 Å². The van der Waals surface area contributed by atoms with Crippen molar-refractivity contribution in [2.75, 3.05) is 0 Å². The Bertz CT molecular complexity index is 572. The zero-order chi connectivity index (χ0) is 13.4. The quantitative estimate of drug-likeness (QED) is 0.831. The van der Waals surface area contributed by atoms with Crippen molar-refractivity contribution < 1.29 is 0 Å². The van der Waals surface area contributed by atoms with Crippen LogP contribution in [0.1, 0.15) is 39.0 Å². The summed E-state index contributed by atoms with van der Waals surface area (Å²) in [7, 11) is 0. The predicted molar refractivity (Wildman–Crippen MR) is 74.2 cm³/mol. The van der Waals surface area contributed by atoms with Crippen molar-refractivity contribution in [3.8, 4) is 0 Å². The van der Waals surface area contributed by atoms with Crippen LogP contribution in [0.25, 0.3) is 0 Å². The summed E-state index contributed by atoms with van der Waals surface area (Å²) in [6, 6.07) is 1.53. The number of aromatic nitrogens is 2. The molecule has 0 aromatic carbocycles. The highest BCUT2D eigenvalue weighted by molar-refractivity contribution is 4.92. The molecule has 1 aromatic heterocycles. The molecule has 3 rings (SSSR count). The maximum atomic E-state index is 12.3. The molecule has 0 saturated heterocycles. The predicted octanol–water partition coefficient (Wildman–Crippen LogP) is 1.86. The third-order valence-electron chi connectivity index (χ3n) is 4.91. The zero-order valence-corrected chi connectivity index (χ0v) is 11.5. The molecule has 0 N–H and O–H groups in total. The number of fused-ring (bicyclic) bond motifs is 2. The third-order valence-corrected chi connectivity index (χ3v) is 4.91. The van der Waals surface area contributed by atoms with Crippen LogP contribution in [0.15, 0.2) is 21.9 Å². The molecule has 2 fully saturated rings. The molecule has 0 aliphatic heterocycles. The summed E-state index contributed by atoms with van der Waals surface area (Å²) in [4.78, 5) is 24.2. The van der Waals surface area contributed by atoms with Gasteiger partial charge in [-0.2, -0.15) is 0 Å². The second-order valence-corrected chi connectivity index (χ2v) is 6.18. The molecule has 2 saturated carbocycles. The molecular weight excluding hydrogens is 240 g/mol. The second-order valence-electron chi connectivity index (χ2n) is 6.18. The Morgan fingerprint density at radius 2 is 2.11 bits per heavy atom. The van der Waals surface area contributed by atoms with Gasteiger partial charge in [0.15, 0.2) is 0 Å². The topological polar surface area (TPSA) is 44.0 Å². The first-order chi connectivity index (χ1) is 9.19. The molecule has 1 aromatic rings. The fraction of sp³-hybridized carbons (Fsp3) is 0.733. The van der Waals surface area contributed by atoms with E-state index in [1.54, 1.807) is 10.8 Å². The van der Waals surface area contributed by atoms with Crippen LogP contribution in [-0.4, -0.2) is 9.13 Å². The summed E-state index contributed by atoms with van der Waals surface area (Å²) in [5.41, 5.74) is -0.266. The highest BCUT2D eigenvalue weighted by atomic mass is 16.2. The van der Waals surface area contributed by atoms with Crippen molar-refractivity contribution in [3.63, 3.8) is 0 Å². The van der Waals surface area contributed by atoms with E-state index in [-0.39, 0.29) is 11.2 Å². The van der Waals surface area contributed by atoms with E-state index in [4.69, 9.17) is 0 Å². The first-order valence-corrected chi connectivity index (χ1v) is 7.49. The second kappa shape index (κ2) is 4.99. The van der Waals surface area contributed by atoms with Gasteiger partial charge >= 0.3 is 5.69 Å². The minimum atomic E-state index is -0.139. The lowest BCUT2D eigenvalue weighted by atomic mass is 9.89. The Morgan fingerprint density at radius 3 is 2.74 bits per heavy atom. The van der Waals surface area contributed by atoms with Gasteiger partial charge in [-0.1, -0.05) is 13.3 Å². The van der Waals surface area contributed by atoms with Crippen molar-refractivity contribution in [1.82, 2.24) is 9.13 Å². The molecule has 1 heterocycles. The fourth-order valence-corrected chi connectivity index (χ4v) is 3.97. The highest BCUT2D eigenvalue weighted by Crippen LogP contribution is 2.48. The fourth-order valence-electron chi connectivity index (χ4n) is 3.97. The molecular formula is C15H22N2O2. The Hall–Kier alpha value is -1.32. The normalized spacial score (nSPS) is 29.0. The van der Waals surface area contributed by atoms with Crippen LogP contribution in [-0.2, 0) is 13.1 Å². The summed E-state index contributed by atoms with van der Waals surface area (Å²) < 4.78 is 3.12. The van der Waals surface area contributed by atoms with E-state index >= 15 is 0 Å². The molecule has 4 nitrogen and oxygen atoms in total. The molecule has 2 bridgehead atoms. The maximum Gasteiger partial charge on any atom is 0.330 e. The summed E-state index contributed by atoms with van der Waals surface area (Å²) in [5.74, 6) is 2.14. The molecule has 104 valence electrons. The van der Waals surface area contributed by atoms with Gasteiger partial charge in [-0.25, -0.2) is 4.79 Å². The van der Waals surface area contributed by atoms with E-state index in [2.05, 4.69) is 0 Å². The number of hydrogen-bond acceptors (Lipinski definition) is 2. The lowest BCUT2D eigenvalue weighted by Gasteiger charge is -2.22. The Kier molecular flexibility index (Phi) is 3.33. The zero-order valence-electron chi connectivity index (χ0n) is 11.5. The summed E-state index contributed by atoms with van der Waals surface area (Å²) >= 11 is 0. The van der Waals surface area contributed by atoms with Gasteiger partial charge in [-0.3, -0.25) is 9.36 Å². The molecule has 3 unspecified atom stereocenters. The van der Waals surface area contributed by atoms with Crippen LogP contribution in [0.2, 0.25) is 0 Å². The lowest BCUT2D eigenvalue weighted by molar-refractivity contribution is 0.286. The average Bonchev–Trinajstić information content (AvgIpc) is 3.00. The van der Waals surface area contributed by atoms with Crippen LogP contribution in [0.3, 0.4) is 0 Å². The van der Waals surface area contributed by atoms with E-state index in [1.807, 2.05) is 6.92 Å². The Labute approximate surface area is 113 Å². The molecule has 0 radical (unpaired) electrons. The maximum absolute atomic E-state index is 12.3. The minimum Gasteiger partial charge on any atom is -0.300 e. The Balaban J connectivity index is 1.86. The van der Waals surface area contributed by atoms with Crippen LogP contribution in [0, 0.1) is 17.8 Å². The van der Waals surface area contributed by atoms with Crippen molar-refractivity contribution in [2.45, 2.75) is 52.1 Å². The van der Waals surface area contributed by atoms with E-state index in [9.17, 15) is 9.59 Å². The first-order valence-electron chi connectivity index (χ1n) is 7.49. The van der Waals surface area contributed by atoms with E-state index in [0.29, 0.717) is 19.0 Å². The van der Waals surface area contributed by atoms with Crippen LogP contribution in [0.4, 0.5) is 0 Å². The molecule has 3 atom stereocenters. The van der Waals surface area contributed by atoms with Crippen LogP contribution in [0.5, 0.6) is 0 Å². The minimum absolute atomic E-state index is 0.128. The number of hydrogen-bond donors (Lipinski definition) is 0. The highest BCUT2D eigenvalue weighted by Gasteiger charge is 2.39. The third kappa shape index (κ3) is 2.28. The molecule has 2 aliphatic carbocycles. The van der Waals surface area contributed by atoms with Crippen LogP contribution >= 0.6 is 0 Å². The molecule has 2 aliphatic rings. The summed E-state index contributed by atoms with van der Waals surface area (Å²) in [6.07, 6.45) is 7.71. The van der Waals surface area contributed by atoms with Crippen LogP contribution < -0.4 is 11.2 Å². The molecule has 19 heavy (non-hydrogen) atoms. The molecule has 0 amide bonds. The van der Waals surface area contributed by atoms with Crippen molar-refractivity contribution in [2.24, 2.45) is 17.8 Å². The van der Waals surface area contributed by atoms with Crippen molar-refractivity contribution in [1.29, 1.82) is 0 Å². The summed E-state index contributed by atoms with van der Waals surface area (Å²) in [5, 5.41) is 0. The van der Waals surface area contributed by atoms with Gasteiger partial charge in [0.2, 0.25) is 0 Å². The molecule has 4 heteroatoms. The largest absolute Gasteiger partial charge is 0.330 e. The van der Waals surface area contributed by atoms with Gasteiger partial charge in [0.05, 0.1) is 0 Å². The van der Waals surface area contributed by atoms with Gasteiger partial charge in [0.25, 0.3) is 5.56 Å². The van der Waals surface area contributed by atoms with Gasteiger partial charge < -0.3 is 4.57 Å². The monoisotopic (exact) mass is 262 g/mol. The lowest BCUT2D eigenvalue weighted by Crippen LogP contribution is -2.41. The van der Waals surface area contributed by atoms with Gasteiger partial charge in [-0.05, 0) is 43.4 Å². The average molecular weight is 262 g/mol. The Morgan fingerprint density at radius 1 is 1.26 bits per heavy atom. The van der Waals surface area contributed by atoms with Crippen molar-refractivity contribution >= 4 is 0 Å².